The summed E-state index contributed by atoms with van der Waals surface area (Å²) < 4.78 is 18.5. The molecule has 1 aliphatic heterocycles. The molecule has 3 atom stereocenters. The van der Waals surface area contributed by atoms with Crippen LogP contribution in [0.4, 0.5) is 4.39 Å². The maximum absolute atomic E-state index is 13.4. The van der Waals surface area contributed by atoms with Gasteiger partial charge in [0.15, 0.2) is 0 Å². The minimum atomic E-state index is -0.220. The molecule has 0 bridgehead atoms. The average Bonchev–Trinajstić information content (AvgIpc) is 3.29. The quantitative estimate of drug-likeness (QED) is 0.412. The Kier molecular flexibility index (Phi) is 8.27. The van der Waals surface area contributed by atoms with Gasteiger partial charge in [0.2, 0.25) is 0 Å². The van der Waals surface area contributed by atoms with Crippen molar-refractivity contribution in [3.63, 3.8) is 0 Å². The Morgan fingerprint density at radius 3 is 2.63 bits per heavy atom. The lowest BCUT2D eigenvalue weighted by Crippen LogP contribution is -2.51. The largest absolute Gasteiger partial charge is 0.469 e. The molecule has 3 unspecified atom stereocenters. The van der Waals surface area contributed by atoms with Crippen molar-refractivity contribution in [3.8, 4) is 0 Å². The fourth-order valence-electron chi connectivity index (χ4n) is 5.81. The SMILES string of the molecule is C=C(CCc1c[nH]c2cc(F)ccc12)N1CCC(C(=O)OC)C2CCCCC21.Cc1ccccc1. The Morgan fingerprint density at radius 1 is 1.14 bits per heavy atom. The second-order valence-electron chi connectivity index (χ2n) is 9.85. The molecule has 2 aromatic carbocycles. The van der Waals surface area contributed by atoms with E-state index in [1.165, 1.54) is 43.2 Å². The van der Waals surface area contributed by atoms with Gasteiger partial charge in [-0.2, -0.15) is 0 Å². The number of nitrogens with one attached hydrogen (secondary N) is 1. The van der Waals surface area contributed by atoms with E-state index < -0.39 is 0 Å². The topological polar surface area (TPSA) is 45.3 Å². The van der Waals surface area contributed by atoms with Crippen molar-refractivity contribution in [1.29, 1.82) is 0 Å². The third-order valence-electron chi connectivity index (χ3n) is 7.64. The first kappa shape index (κ1) is 25.0. The Labute approximate surface area is 208 Å². The first-order valence-corrected chi connectivity index (χ1v) is 12.8. The van der Waals surface area contributed by atoms with Crippen LogP contribution in [0.15, 0.2) is 67.0 Å². The number of hydrogen-bond acceptors (Lipinski definition) is 3. The minimum Gasteiger partial charge on any atom is -0.469 e. The van der Waals surface area contributed by atoms with Crippen LogP contribution in [-0.2, 0) is 16.0 Å². The summed E-state index contributed by atoms with van der Waals surface area (Å²) in [5, 5.41) is 1.08. The van der Waals surface area contributed by atoms with E-state index in [0.717, 1.165) is 55.2 Å². The van der Waals surface area contributed by atoms with Crippen molar-refractivity contribution in [2.75, 3.05) is 13.7 Å². The smallest absolute Gasteiger partial charge is 0.309 e. The number of aromatic nitrogens is 1. The number of hydrogen-bond donors (Lipinski definition) is 1. The Morgan fingerprint density at radius 2 is 1.91 bits per heavy atom. The number of allylic oxidation sites excluding steroid dienone is 1. The predicted octanol–water partition coefficient (Wildman–Crippen LogP) is 6.80. The molecule has 2 aliphatic rings. The first-order valence-electron chi connectivity index (χ1n) is 12.8. The van der Waals surface area contributed by atoms with Crippen LogP contribution < -0.4 is 0 Å². The van der Waals surface area contributed by atoms with Crippen LogP contribution in [0.1, 0.15) is 49.7 Å². The first-order chi connectivity index (χ1) is 17.0. The number of aromatic amines is 1. The lowest BCUT2D eigenvalue weighted by Gasteiger charge is -2.49. The number of aryl methyl sites for hydroxylation is 2. The molecule has 3 aromatic rings. The van der Waals surface area contributed by atoms with Gasteiger partial charge in [-0.25, -0.2) is 4.39 Å². The molecular formula is C30H37FN2O2. The molecule has 1 N–H and O–H groups in total. The zero-order chi connectivity index (χ0) is 24.8. The third-order valence-corrected chi connectivity index (χ3v) is 7.64. The monoisotopic (exact) mass is 476 g/mol. The zero-order valence-corrected chi connectivity index (χ0v) is 20.9. The fourth-order valence-corrected chi connectivity index (χ4v) is 5.81. The summed E-state index contributed by atoms with van der Waals surface area (Å²) in [4.78, 5) is 17.9. The number of carbonyl (C=O) groups excluding carboxylic acids is 1. The molecule has 1 aromatic heterocycles. The number of halogens is 1. The summed E-state index contributed by atoms with van der Waals surface area (Å²) in [6.07, 6.45) is 9.21. The number of esters is 1. The van der Waals surface area contributed by atoms with E-state index in [1.807, 2.05) is 30.5 Å². The average molecular weight is 477 g/mol. The molecule has 186 valence electrons. The molecule has 2 fully saturated rings. The molecule has 1 saturated carbocycles. The van der Waals surface area contributed by atoms with Gasteiger partial charge in [-0.05, 0) is 68.7 Å². The number of likely N-dealkylation sites (tertiary alicyclic amines) is 1. The maximum atomic E-state index is 13.4. The van der Waals surface area contributed by atoms with Crippen LogP contribution >= 0.6 is 0 Å². The maximum Gasteiger partial charge on any atom is 0.309 e. The molecule has 5 rings (SSSR count). The van der Waals surface area contributed by atoms with Gasteiger partial charge in [-0.15, -0.1) is 0 Å². The number of H-pyrrole nitrogens is 1. The van der Waals surface area contributed by atoms with Crippen LogP contribution in [0.3, 0.4) is 0 Å². The van der Waals surface area contributed by atoms with Crippen LogP contribution in [-0.4, -0.2) is 35.5 Å². The minimum absolute atomic E-state index is 0.0304. The zero-order valence-electron chi connectivity index (χ0n) is 20.9. The third kappa shape index (κ3) is 5.95. The molecule has 0 radical (unpaired) electrons. The van der Waals surface area contributed by atoms with Gasteiger partial charge >= 0.3 is 5.97 Å². The number of piperidine rings is 1. The number of carbonyl (C=O) groups is 1. The molecule has 1 aliphatic carbocycles. The highest BCUT2D eigenvalue weighted by atomic mass is 19.1. The highest BCUT2D eigenvalue weighted by molar-refractivity contribution is 5.83. The van der Waals surface area contributed by atoms with Crippen molar-refractivity contribution >= 4 is 16.9 Å². The van der Waals surface area contributed by atoms with Crippen molar-refractivity contribution in [1.82, 2.24) is 9.88 Å². The second kappa shape index (κ2) is 11.6. The summed E-state index contributed by atoms with van der Waals surface area (Å²) in [7, 11) is 1.50. The van der Waals surface area contributed by atoms with Crippen LogP contribution in [0.25, 0.3) is 10.9 Å². The summed E-state index contributed by atoms with van der Waals surface area (Å²) in [6.45, 7) is 7.35. The van der Waals surface area contributed by atoms with Crippen LogP contribution in [0.5, 0.6) is 0 Å². The van der Waals surface area contributed by atoms with E-state index in [9.17, 15) is 9.18 Å². The van der Waals surface area contributed by atoms with E-state index in [0.29, 0.717) is 12.0 Å². The van der Waals surface area contributed by atoms with Crippen molar-refractivity contribution < 1.29 is 13.9 Å². The summed E-state index contributed by atoms with van der Waals surface area (Å²) in [6, 6.07) is 15.6. The summed E-state index contributed by atoms with van der Waals surface area (Å²) in [5.74, 6) is 0.140. The second-order valence-corrected chi connectivity index (χ2v) is 9.85. The van der Waals surface area contributed by atoms with Gasteiger partial charge in [0.25, 0.3) is 0 Å². The molecule has 0 spiro atoms. The van der Waals surface area contributed by atoms with Crippen LogP contribution in [0.2, 0.25) is 0 Å². The summed E-state index contributed by atoms with van der Waals surface area (Å²) in [5.41, 5.74) is 4.51. The van der Waals surface area contributed by atoms with E-state index >= 15 is 0 Å². The van der Waals surface area contributed by atoms with Crippen molar-refractivity contribution in [2.45, 2.75) is 57.9 Å². The number of methoxy groups -OCH3 is 1. The van der Waals surface area contributed by atoms with E-state index in [2.05, 4.69) is 35.5 Å². The number of fused-ring (bicyclic) bond motifs is 2. The normalized spacial score (nSPS) is 21.6. The molecule has 35 heavy (non-hydrogen) atoms. The van der Waals surface area contributed by atoms with Crippen molar-refractivity contribution in [2.24, 2.45) is 11.8 Å². The Hall–Kier alpha value is -3.08. The Bertz CT molecular complexity index is 1140. The molecule has 1 saturated heterocycles. The van der Waals surface area contributed by atoms with Gasteiger partial charge in [0, 0.05) is 35.4 Å². The van der Waals surface area contributed by atoms with E-state index in [-0.39, 0.29) is 17.7 Å². The van der Waals surface area contributed by atoms with E-state index in [1.54, 1.807) is 0 Å². The number of rotatable bonds is 5. The van der Waals surface area contributed by atoms with E-state index in [4.69, 9.17) is 4.74 Å². The molecule has 4 nitrogen and oxygen atoms in total. The van der Waals surface area contributed by atoms with Gasteiger partial charge in [-0.1, -0.05) is 55.3 Å². The van der Waals surface area contributed by atoms with Gasteiger partial charge < -0.3 is 14.6 Å². The van der Waals surface area contributed by atoms with Crippen molar-refractivity contribution in [3.05, 3.63) is 83.9 Å². The number of benzene rings is 2. The number of nitrogens with zero attached hydrogens (tertiary/aromatic N) is 1. The molecule has 2 heterocycles. The lowest BCUT2D eigenvalue weighted by molar-refractivity contribution is -0.151. The molecular weight excluding hydrogens is 439 g/mol. The van der Waals surface area contributed by atoms with Gasteiger partial charge in [0.1, 0.15) is 5.82 Å². The van der Waals surface area contributed by atoms with Gasteiger partial charge in [0.05, 0.1) is 13.0 Å². The fraction of sp³-hybridized carbons (Fsp3) is 0.433. The number of ether oxygens (including phenoxy) is 1. The molecule has 0 amide bonds. The standard InChI is InChI=1S/C23H29FN2O2.C7H8/c1-15(7-8-16-14-25-21-13-17(24)9-10-18(16)21)26-12-11-20(23(27)28-2)19-5-3-4-6-22(19)26;1-7-5-3-2-4-6-7/h9-10,13-14,19-20,22,25H,1,3-8,11-12H2,2H3;2-6H,1H3. The molecule has 5 heteroatoms. The predicted molar refractivity (Wildman–Crippen MR) is 139 cm³/mol. The Balaban J connectivity index is 0.000000356. The van der Waals surface area contributed by atoms with Gasteiger partial charge in [-0.3, -0.25) is 4.79 Å². The summed E-state index contributed by atoms with van der Waals surface area (Å²) >= 11 is 0. The van der Waals surface area contributed by atoms with Crippen LogP contribution in [0, 0.1) is 24.6 Å². The highest BCUT2D eigenvalue weighted by Crippen LogP contribution is 2.41. The highest BCUT2D eigenvalue weighted by Gasteiger charge is 2.43. The lowest BCUT2D eigenvalue weighted by atomic mass is 9.71.